The molecule has 23 heavy (non-hydrogen) atoms. The quantitative estimate of drug-likeness (QED) is 0.487. The molecular formula is C18H21NO4. The molecule has 5 nitrogen and oxygen atoms in total. The highest BCUT2D eigenvalue weighted by Gasteiger charge is 2.48. The lowest BCUT2D eigenvalue weighted by Crippen LogP contribution is -2.47. The average Bonchev–Trinajstić information content (AvgIpc) is 2.57. The zero-order valence-corrected chi connectivity index (χ0v) is 13.5. The van der Waals surface area contributed by atoms with Crippen molar-refractivity contribution in [2.24, 2.45) is 17.0 Å². The number of fused-ring (bicyclic) bond motifs is 3. The number of nitrogens with zero attached hydrogens (tertiary/aromatic N) is 1. The van der Waals surface area contributed by atoms with Gasteiger partial charge in [-0.25, -0.2) is 0 Å². The van der Waals surface area contributed by atoms with Crippen LogP contribution in [-0.4, -0.2) is 30.5 Å². The molecule has 2 aliphatic rings. The Balaban J connectivity index is 1.91. The normalized spacial score (nSPS) is 27.0. The number of carbonyl (C=O) groups excluding carboxylic acids is 2. The van der Waals surface area contributed by atoms with Gasteiger partial charge in [0.15, 0.2) is 5.78 Å². The Hall–Kier alpha value is -2.17. The zero-order chi connectivity index (χ0) is 16.4. The number of carbonyl (C=O) groups is 2. The summed E-state index contributed by atoms with van der Waals surface area (Å²) in [5.74, 6) is -0.505. The van der Waals surface area contributed by atoms with Gasteiger partial charge in [-0.05, 0) is 25.0 Å². The third-order valence-electron chi connectivity index (χ3n) is 4.62. The van der Waals surface area contributed by atoms with Crippen molar-refractivity contribution in [3.63, 3.8) is 0 Å². The van der Waals surface area contributed by atoms with Crippen LogP contribution in [0.4, 0.5) is 0 Å². The predicted molar refractivity (Wildman–Crippen MR) is 85.6 cm³/mol. The topological polar surface area (TPSA) is 65.0 Å². The van der Waals surface area contributed by atoms with Crippen molar-refractivity contribution in [2.75, 3.05) is 13.2 Å². The standard InChI is InChI=1S/C18H21NO4/c1-3-14(19-23-4-2)17-15(20)9-12-11-7-5-6-8-16(11)22-10-13(12)18(17)21/h5-8,12-13,17H,3-4,9-10H2,1-2H3/b19-14-. The van der Waals surface area contributed by atoms with Crippen molar-refractivity contribution in [3.8, 4) is 5.75 Å². The van der Waals surface area contributed by atoms with E-state index in [0.717, 1.165) is 11.3 Å². The van der Waals surface area contributed by atoms with Crippen LogP contribution in [0, 0.1) is 11.8 Å². The summed E-state index contributed by atoms with van der Waals surface area (Å²) >= 11 is 0. The van der Waals surface area contributed by atoms with Gasteiger partial charge in [-0.15, -0.1) is 0 Å². The number of hydrogen-bond donors (Lipinski definition) is 0. The summed E-state index contributed by atoms with van der Waals surface area (Å²) < 4.78 is 5.74. The Morgan fingerprint density at radius 2 is 2.04 bits per heavy atom. The lowest BCUT2D eigenvalue weighted by molar-refractivity contribution is -0.138. The molecule has 3 atom stereocenters. The third-order valence-corrected chi connectivity index (χ3v) is 4.62. The summed E-state index contributed by atoms with van der Waals surface area (Å²) in [5.41, 5.74) is 1.49. The minimum Gasteiger partial charge on any atom is -0.493 e. The molecule has 1 aliphatic carbocycles. The summed E-state index contributed by atoms with van der Waals surface area (Å²) in [5, 5.41) is 4.00. The second kappa shape index (κ2) is 6.52. The molecule has 0 aromatic heterocycles. The van der Waals surface area contributed by atoms with Gasteiger partial charge in [0, 0.05) is 12.3 Å². The van der Waals surface area contributed by atoms with Crippen LogP contribution in [-0.2, 0) is 14.4 Å². The Bertz CT molecular complexity index is 652. The summed E-state index contributed by atoms with van der Waals surface area (Å²) in [7, 11) is 0. The van der Waals surface area contributed by atoms with Crippen molar-refractivity contribution in [2.45, 2.75) is 32.6 Å². The van der Waals surface area contributed by atoms with Gasteiger partial charge < -0.3 is 9.57 Å². The molecule has 1 saturated carbocycles. The van der Waals surface area contributed by atoms with E-state index < -0.39 is 5.92 Å². The van der Waals surface area contributed by atoms with Crippen LogP contribution in [0.3, 0.4) is 0 Å². The van der Waals surface area contributed by atoms with Crippen molar-refractivity contribution in [1.29, 1.82) is 0 Å². The molecule has 5 heteroatoms. The highest BCUT2D eigenvalue weighted by molar-refractivity contribution is 6.23. The molecular weight excluding hydrogens is 294 g/mol. The van der Waals surface area contributed by atoms with Crippen LogP contribution >= 0.6 is 0 Å². The maximum absolute atomic E-state index is 12.9. The fourth-order valence-electron chi connectivity index (χ4n) is 3.49. The molecule has 0 N–H and O–H groups in total. The zero-order valence-electron chi connectivity index (χ0n) is 13.5. The molecule has 0 spiro atoms. The van der Waals surface area contributed by atoms with E-state index in [1.54, 1.807) is 0 Å². The van der Waals surface area contributed by atoms with Gasteiger partial charge in [-0.2, -0.15) is 0 Å². The van der Waals surface area contributed by atoms with E-state index in [1.807, 2.05) is 38.1 Å². The number of rotatable bonds is 4. The Labute approximate surface area is 135 Å². The number of Topliss-reactive ketones (excluding diaryl/α,β-unsaturated/α-hetero) is 2. The highest BCUT2D eigenvalue weighted by atomic mass is 16.6. The molecule has 1 aliphatic heterocycles. The molecule has 1 aromatic rings. The van der Waals surface area contributed by atoms with E-state index in [2.05, 4.69) is 5.16 Å². The summed E-state index contributed by atoms with van der Waals surface area (Å²) in [6.07, 6.45) is 0.879. The van der Waals surface area contributed by atoms with E-state index in [0.29, 0.717) is 31.8 Å². The molecule has 0 bridgehead atoms. The first-order chi connectivity index (χ1) is 11.2. The number of hydrogen-bond acceptors (Lipinski definition) is 5. The SMILES string of the molecule is CCO/N=C(/CC)C1C(=O)CC2c3ccccc3OCC2C1=O. The molecule has 3 unspecified atom stereocenters. The smallest absolute Gasteiger partial charge is 0.156 e. The molecule has 0 saturated heterocycles. The van der Waals surface area contributed by atoms with Crippen molar-refractivity contribution in [3.05, 3.63) is 29.8 Å². The number of ketones is 2. The monoisotopic (exact) mass is 315 g/mol. The maximum atomic E-state index is 12.9. The second-order valence-corrected chi connectivity index (χ2v) is 5.92. The van der Waals surface area contributed by atoms with Gasteiger partial charge in [0.1, 0.15) is 24.1 Å². The summed E-state index contributed by atoms with van der Waals surface area (Å²) in [4.78, 5) is 30.6. The van der Waals surface area contributed by atoms with E-state index in [9.17, 15) is 9.59 Å². The Morgan fingerprint density at radius 3 is 2.78 bits per heavy atom. The maximum Gasteiger partial charge on any atom is 0.156 e. The van der Waals surface area contributed by atoms with Crippen molar-refractivity contribution in [1.82, 2.24) is 0 Å². The highest BCUT2D eigenvalue weighted by Crippen LogP contribution is 2.44. The Morgan fingerprint density at radius 1 is 1.26 bits per heavy atom. The van der Waals surface area contributed by atoms with Crippen LogP contribution in [0.1, 0.15) is 38.2 Å². The molecule has 1 aromatic carbocycles. The van der Waals surface area contributed by atoms with Gasteiger partial charge >= 0.3 is 0 Å². The van der Waals surface area contributed by atoms with Crippen LogP contribution in [0.15, 0.2) is 29.4 Å². The lowest BCUT2D eigenvalue weighted by Gasteiger charge is -2.38. The first-order valence-electron chi connectivity index (χ1n) is 8.14. The van der Waals surface area contributed by atoms with E-state index in [4.69, 9.17) is 9.57 Å². The Kier molecular flexibility index (Phi) is 4.46. The van der Waals surface area contributed by atoms with Crippen LogP contribution in [0.25, 0.3) is 0 Å². The molecule has 3 rings (SSSR count). The fraction of sp³-hybridized carbons (Fsp3) is 0.500. The number of benzene rings is 1. The van der Waals surface area contributed by atoms with Crippen molar-refractivity contribution < 1.29 is 19.2 Å². The molecule has 0 radical (unpaired) electrons. The minimum atomic E-state index is -0.776. The second-order valence-electron chi connectivity index (χ2n) is 5.92. The third kappa shape index (κ3) is 2.76. The van der Waals surface area contributed by atoms with Crippen molar-refractivity contribution >= 4 is 17.3 Å². The average molecular weight is 315 g/mol. The first kappa shape index (κ1) is 15.7. The van der Waals surface area contributed by atoms with Gasteiger partial charge in [-0.3, -0.25) is 9.59 Å². The summed E-state index contributed by atoms with van der Waals surface area (Å²) in [6.45, 7) is 4.46. The van der Waals surface area contributed by atoms with Crippen LogP contribution in [0.5, 0.6) is 5.75 Å². The largest absolute Gasteiger partial charge is 0.493 e. The predicted octanol–water partition coefficient (Wildman–Crippen LogP) is 2.74. The van der Waals surface area contributed by atoms with E-state index in [-0.39, 0.29) is 23.4 Å². The van der Waals surface area contributed by atoms with E-state index in [1.165, 1.54) is 0 Å². The van der Waals surface area contributed by atoms with E-state index >= 15 is 0 Å². The molecule has 1 fully saturated rings. The molecule has 122 valence electrons. The molecule has 0 amide bonds. The van der Waals surface area contributed by atoms with Gasteiger partial charge in [-0.1, -0.05) is 30.3 Å². The summed E-state index contributed by atoms with van der Waals surface area (Å²) in [6, 6.07) is 7.65. The first-order valence-corrected chi connectivity index (χ1v) is 8.14. The lowest BCUT2D eigenvalue weighted by atomic mass is 9.67. The fourth-order valence-corrected chi connectivity index (χ4v) is 3.49. The van der Waals surface area contributed by atoms with Gasteiger partial charge in [0.05, 0.1) is 18.2 Å². The van der Waals surface area contributed by atoms with Gasteiger partial charge in [0.2, 0.25) is 0 Å². The van der Waals surface area contributed by atoms with Crippen LogP contribution < -0.4 is 4.74 Å². The van der Waals surface area contributed by atoms with Crippen LogP contribution in [0.2, 0.25) is 0 Å². The number of para-hydroxylation sites is 1. The number of ether oxygens (including phenoxy) is 1. The molecule has 1 heterocycles. The number of oxime groups is 1. The van der Waals surface area contributed by atoms with Gasteiger partial charge in [0.25, 0.3) is 0 Å². The minimum absolute atomic E-state index is 0.0618.